The van der Waals surface area contributed by atoms with Gasteiger partial charge in [-0.2, -0.15) is 0 Å². The highest BCUT2D eigenvalue weighted by atomic mass is 19.1. The van der Waals surface area contributed by atoms with Crippen molar-refractivity contribution in [3.05, 3.63) is 35.4 Å². The molecule has 1 aromatic rings. The van der Waals surface area contributed by atoms with Gasteiger partial charge in [-0.25, -0.2) is 8.78 Å². The van der Waals surface area contributed by atoms with Gasteiger partial charge in [0.05, 0.1) is 0 Å². The number of rotatable bonds is 2. The molecule has 5 heteroatoms. The van der Waals surface area contributed by atoms with Crippen LogP contribution in [0.4, 0.5) is 8.78 Å². The normalized spacial score (nSPS) is 20.2. The monoisotopic (exact) mass is 239 g/mol. The van der Waals surface area contributed by atoms with Gasteiger partial charge < -0.3 is 0 Å². The highest BCUT2D eigenvalue weighted by molar-refractivity contribution is 5.98. The molecule has 1 fully saturated rings. The molecule has 3 nitrogen and oxygen atoms in total. The number of carbonyl (C=O) groups excluding carboxylic acids is 2. The van der Waals surface area contributed by atoms with Crippen molar-refractivity contribution in [1.82, 2.24) is 5.32 Å². The molecule has 1 unspecified atom stereocenters. The molecule has 1 saturated heterocycles. The quantitative estimate of drug-likeness (QED) is 0.796. The third-order valence-corrected chi connectivity index (χ3v) is 2.87. The lowest BCUT2D eigenvalue weighted by molar-refractivity contribution is -0.136. The summed E-state index contributed by atoms with van der Waals surface area (Å²) in [5.41, 5.74) is -0.0954. The van der Waals surface area contributed by atoms with Crippen molar-refractivity contribution in [1.29, 1.82) is 0 Å². The Morgan fingerprint density at radius 3 is 2.47 bits per heavy atom. The van der Waals surface area contributed by atoms with Crippen LogP contribution in [-0.4, -0.2) is 11.8 Å². The first-order valence-corrected chi connectivity index (χ1v) is 5.34. The second-order valence-electron chi connectivity index (χ2n) is 4.05. The van der Waals surface area contributed by atoms with E-state index >= 15 is 0 Å². The van der Waals surface area contributed by atoms with Gasteiger partial charge in [-0.3, -0.25) is 14.9 Å². The number of piperidine rings is 1. The van der Waals surface area contributed by atoms with E-state index < -0.39 is 23.5 Å². The molecule has 1 aliphatic rings. The van der Waals surface area contributed by atoms with Crippen molar-refractivity contribution in [2.45, 2.75) is 19.3 Å². The summed E-state index contributed by atoms with van der Waals surface area (Å²) in [5.74, 6) is -2.65. The minimum Gasteiger partial charge on any atom is -0.296 e. The maximum absolute atomic E-state index is 13.4. The summed E-state index contributed by atoms with van der Waals surface area (Å²) < 4.78 is 26.7. The van der Waals surface area contributed by atoms with Gasteiger partial charge in [-0.05, 0) is 25.0 Å². The topological polar surface area (TPSA) is 46.2 Å². The molecule has 1 heterocycles. The molecule has 0 aromatic heterocycles. The minimum absolute atomic E-state index is 0.0163. The van der Waals surface area contributed by atoms with Crippen LogP contribution in [0.5, 0.6) is 0 Å². The molecule has 2 rings (SSSR count). The standard InChI is InChI=1S/C12H11F2NO2/c13-9-2-1-3-10(14)8(9)6-7-4-5-11(16)15-12(7)17/h1-3,7H,4-6H2,(H,15,16,17). The number of hydrogen-bond acceptors (Lipinski definition) is 2. The Hall–Kier alpha value is -1.78. The molecule has 1 N–H and O–H groups in total. The molecular weight excluding hydrogens is 228 g/mol. The van der Waals surface area contributed by atoms with Gasteiger partial charge in [0, 0.05) is 17.9 Å². The molecule has 90 valence electrons. The maximum Gasteiger partial charge on any atom is 0.230 e. The zero-order chi connectivity index (χ0) is 12.4. The van der Waals surface area contributed by atoms with E-state index in [0.717, 1.165) is 12.1 Å². The number of amides is 2. The van der Waals surface area contributed by atoms with E-state index in [0.29, 0.717) is 6.42 Å². The van der Waals surface area contributed by atoms with Crippen molar-refractivity contribution in [3.63, 3.8) is 0 Å². The fourth-order valence-corrected chi connectivity index (χ4v) is 1.91. The van der Waals surface area contributed by atoms with E-state index in [4.69, 9.17) is 0 Å². The summed E-state index contributed by atoms with van der Waals surface area (Å²) in [6, 6.07) is 3.59. The van der Waals surface area contributed by atoms with Gasteiger partial charge >= 0.3 is 0 Å². The summed E-state index contributed by atoms with van der Waals surface area (Å²) in [6.07, 6.45) is 0.530. The summed E-state index contributed by atoms with van der Waals surface area (Å²) in [5, 5.41) is 2.17. The van der Waals surface area contributed by atoms with E-state index in [1.807, 2.05) is 0 Å². The third-order valence-electron chi connectivity index (χ3n) is 2.87. The lowest BCUT2D eigenvalue weighted by Crippen LogP contribution is -2.41. The predicted octanol–water partition coefficient (Wildman–Crippen LogP) is 1.56. The number of imide groups is 1. The van der Waals surface area contributed by atoms with Crippen molar-refractivity contribution in [2.24, 2.45) is 5.92 Å². The van der Waals surface area contributed by atoms with Crippen LogP contribution in [0.25, 0.3) is 0 Å². The van der Waals surface area contributed by atoms with Gasteiger partial charge in [-0.15, -0.1) is 0 Å². The second kappa shape index (κ2) is 4.61. The average Bonchev–Trinajstić information content (AvgIpc) is 2.26. The fraction of sp³-hybridized carbons (Fsp3) is 0.333. The Morgan fingerprint density at radius 2 is 1.88 bits per heavy atom. The minimum atomic E-state index is -0.658. The maximum atomic E-state index is 13.4. The predicted molar refractivity (Wildman–Crippen MR) is 55.9 cm³/mol. The zero-order valence-electron chi connectivity index (χ0n) is 9.00. The van der Waals surface area contributed by atoms with Gasteiger partial charge in [0.15, 0.2) is 0 Å². The Morgan fingerprint density at radius 1 is 1.24 bits per heavy atom. The first-order chi connectivity index (χ1) is 8.08. The number of benzene rings is 1. The van der Waals surface area contributed by atoms with Crippen molar-refractivity contribution in [3.8, 4) is 0 Å². The van der Waals surface area contributed by atoms with E-state index in [1.54, 1.807) is 0 Å². The molecule has 0 aliphatic carbocycles. The lowest BCUT2D eigenvalue weighted by Gasteiger charge is -2.21. The number of halogens is 2. The Kier molecular flexibility index (Phi) is 3.17. The Labute approximate surface area is 96.8 Å². The molecule has 0 saturated carbocycles. The van der Waals surface area contributed by atoms with Crippen LogP contribution < -0.4 is 5.32 Å². The summed E-state index contributed by atoms with van der Waals surface area (Å²) in [4.78, 5) is 22.4. The van der Waals surface area contributed by atoms with Gasteiger partial charge in [0.1, 0.15) is 11.6 Å². The number of carbonyl (C=O) groups is 2. The third kappa shape index (κ3) is 2.49. The Balaban J connectivity index is 2.16. The van der Waals surface area contributed by atoms with E-state index in [-0.39, 0.29) is 24.3 Å². The van der Waals surface area contributed by atoms with Crippen LogP contribution in [-0.2, 0) is 16.0 Å². The lowest BCUT2D eigenvalue weighted by atomic mass is 9.91. The van der Waals surface area contributed by atoms with Crippen LogP contribution in [0.2, 0.25) is 0 Å². The van der Waals surface area contributed by atoms with E-state index in [1.165, 1.54) is 6.07 Å². The van der Waals surface area contributed by atoms with Crippen LogP contribution in [0.1, 0.15) is 18.4 Å². The number of hydrogen-bond donors (Lipinski definition) is 1. The van der Waals surface area contributed by atoms with E-state index in [2.05, 4.69) is 5.32 Å². The highest BCUT2D eigenvalue weighted by Crippen LogP contribution is 2.21. The van der Waals surface area contributed by atoms with Crippen molar-refractivity contribution >= 4 is 11.8 Å². The average molecular weight is 239 g/mol. The molecule has 0 bridgehead atoms. The second-order valence-corrected chi connectivity index (χ2v) is 4.05. The zero-order valence-corrected chi connectivity index (χ0v) is 9.00. The molecule has 2 amide bonds. The molecule has 1 atom stereocenters. The van der Waals surface area contributed by atoms with Gasteiger partial charge in [-0.1, -0.05) is 6.07 Å². The van der Waals surface area contributed by atoms with Crippen LogP contribution in [0.15, 0.2) is 18.2 Å². The van der Waals surface area contributed by atoms with Gasteiger partial charge in [0.2, 0.25) is 11.8 Å². The van der Waals surface area contributed by atoms with Gasteiger partial charge in [0.25, 0.3) is 0 Å². The fourth-order valence-electron chi connectivity index (χ4n) is 1.91. The highest BCUT2D eigenvalue weighted by Gasteiger charge is 2.28. The molecule has 1 aromatic carbocycles. The first-order valence-electron chi connectivity index (χ1n) is 5.34. The molecule has 0 radical (unpaired) electrons. The van der Waals surface area contributed by atoms with Crippen LogP contribution in [0, 0.1) is 17.6 Å². The van der Waals surface area contributed by atoms with Crippen LogP contribution in [0.3, 0.4) is 0 Å². The van der Waals surface area contributed by atoms with Crippen molar-refractivity contribution < 1.29 is 18.4 Å². The Bertz CT molecular complexity index is 453. The SMILES string of the molecule is O=C1CCC(Cc2c(F)cccc2F)C(=O)N1. The first kappa shape index (κ1) is 11.7. The van der Waals surface area contributed by atoms with Crippen molar-refractivity contribution in [2.75, 3.05) is 0 Å². The summed E-state index contributed by atoms with van der Waals surface area (Å²) in [6.45, 7) is 0. The smallest absolute Gasteiger partial charge is 0.230 e. The number of nitrogens with one attached hydrogen (secondary N) is 1. The summed E-state index contributed by atoms with van der Waals surface area (Å²) in [7, 11) is 0. The van der Waals surface area contributed by atoms with Crippen LogP contribution >= 0.6 is 0 Å². The largest absolute Gasteiger partial charge is 0.296 e. The molecule has 0 spiro atoms. The molecule has 17 heavy (non-hydrogen) atoms. The molecular formula is C12H11F2NO2. The summed E-state index contributed by atoms with van der Waals surface area (Å²) >= 11 is 0. The van der Waals surface area contributed by atoms with E-state index in [9.17, 15) is 18.4 Å². The molecule has 1 aliphatic heterocycles.